The van der Waals surface area contributed by atoms with Crippen molar-refractivity contribution in [3.63, 3.8) is 0 Å². The van der Waals surface area contributed by atoms with Gasteiger partial charge in [-0.25, -0.2) is 0 Å². The molecular formula is C30H42. The highest BCUT2D eigenvalue weighted by molar-refractivity contribution is 5.82. The molecule has 0 aliphatic carbocycles. The van der Waals surface area contributed by atoms with Crippen LogP contribution in [0.4, 0.5) is 0 Å². The molecule has 3 aromatic rings. The second-order valence-electron chi connectivity index (χ2n) is 11.0. The number of rotatable bonds is 6. The van der Waals surface area contributed by atoms with Crippen LogP contribution in [0.25, 0.3) is 10.8 Å². The molecular weight excluding hydrogens is 360 g/mol. The fraction of sp³-hybridized carbons (Fsp3) is 0.467. The van der Waals surface area contributed by atoms with Gasteiger partial charge in [0.1, 0.15) is 0 Å². The standard InChI is InChI=1S/C16H20.C14H22/c1-16(2,3)11-10-13-8-9-14-6-4-5-7-15(14)12-13;1-14(2,3)12-8-7-11-13-9-5-4-6-10-13/h4-9,12H,10-11H2,1-3H3;4-6,9-10H,7-8,11-12H2,1-3H3. The Morgan fingerprint density at radius 2 is 1.10 bits per heavy atom. The predicted octanol–water partition coefficient (Wildman–Crippen LogP) is 9.26. The first-order chi connectivity index (χ1) is 14.1. The zero-order chi connectivity index (χ0) is 22.0. The molecule has 0 bridgehead atoms. The Balaban J connectivity index is 0.000000216. The fourth-order valence-electron chi connectivity index (χ4n) is 3.54. The maximum absolute atomic E-state index is 2.32. The van der Waals surface area contributed by atoms with Gasteiger partial charge in [-0.1, -0.05) is 121 Å². The first-order valence-electron chi connectivity index (χ1n) is 11.6. The summed E-state index contributed by atoms with van der Waals surface area (Å²) in [6.45, 7) is 13.8. The van der Waals surface area contributed by atoms with Crippen molar-refractivity contribution in [1.82, 2.24) is 0 Å². The Bertz CT molecular complexity index is 860. The summed E-state index contributed by atoms with van der Waals surface area (Å²) in [6, 6.07) is 26.1. The molecule has 0 nitrogen and oxygen atoms in total. The number of hydrogen-bond donors (Lipinski definition) is 0. The Labute approximate surface area is 185 Å². The summed E-state index contributed by atoms with van der Waals surface area (Å²) in [5.74, 6) is 0. The van der Waals surface area contributed by atoms with Gasteiger partial charge in [0.05, 0.1) is 0 Å². The molecule has 0 saturated carbocycles. The van der Waals surface area contributed by atoms with Crippen molar-refractivity contribution in [2.45, 2.75) is 80.1 Å². The highest BCUT2D eigenvalue weighted by Gasteiger charge is 2.10. The van der Waals surface area contributed by atoms with Crippen LogP contribution in [0.2, 0.25) is 0 Å². The molecule has 0 N–H and O–H groups in total. The van der Waals surface area contributed by atoms with E-state index in [0.29, 0.717) is 10.8 Å². The van der Waals surface area contributed by atoms with Crippen molar-refractivity contribution in [3.8, 4) is 0 Å². The van der Waals surface area contributed by atoms with E-state index in [1.807, 2.05) is 0 Å². The average molecular weight is 403 g/mol. The minimum Gasteiger partial charge on any atom is -0.0622 e. The molecule has 0 saturated heterocycles. The van der Waals surface area contributed by atoms with Crippen LogP contribution in [-0.2, 0) is 12.8 Å². The molecule has 30 heavy (non-hydrogen) atoms. The quantitative estimate of drug-likeness (QED) is 0.360. The van der Waals surface area contributed by atoms with E-state index in [9.17, 15) is 0 Å². The molecule has 0 aliphatic heterocycles. The lowest BCUT2D eigenvalue weighted by atomic mass is 9.88. The monoisotopic (exact) mass is 402 g/mol. The minimum absolute atomic E-state index is 0.422. The summed E-state index contributed by atoms with van der Waals surface area (Å²) in [4.78, 5) is 0. The van der Waals surface area contributed by atoms with E-state index in [1.165, 1.54) is 60.4 Å². The van der Waals surface area contributed by atoms with Crippen LogP contribution >= 0.6 is 0 Å². The molecule has 3 rings (SSSR count). The van der Waals surface area contributed by atoms with Gasteiger partial charge in [0.2, 0.25) is 0 Å². The van der Waals surface area contributed by atoms with Crippen molar-refractivity contribution < 1.29 is 0 Å². The summed E-state index contributed by atoms with van der Waals surface area (Å²) >= 11 is 0. The molecule has 0 aromatic heterocycles. The van der Waals surface area contributed by atoms with Gasteiger partial charge in [0.15, 0.2) is 0 Å². The number of unbranched alkanes of at least 4 members (excludes halogenated alkanes) is 1. The lowest BCUT2D eigenvalue weighted by Crippen LogP contribution is -2.06. The van der Waals surface area contributed by atoms with Gasteiger partial charge in [-0.15, -0.1) is 0 Å². The molecule has 0 radical (unpaired) electrons. The molecule has 0 unspecified atom stereocenters. The maximum atomic E-state index is 2.32. The average Bonchev–Trinajstić information content (AvgIpc) is 2.70. The largest absolute Gasteiger partial charge is 0.0622 e. The molecule has 3 aromatic carbocycles. The van der Waals surface area contributed by atoms with E-state index in [4.69, 9.17) is 0 Å². The first-order valence-corrected chi connectivity index (χ1v) is 11.6. The third-order valence-corrected chi connectivity index (χ3v) is 5.46. The molecule has 0 amide bonds. The van der Waals surface area contributed by atoms with Crippen LogP contribution in [0.1, 0.15) is 78.4 Å². The smallest absolute Gasteiger partial charge is 0.0181 e. The second-order valence-corrected chi connectivity index (χ2v) is 11.0. The first kappa shape index (κ1) is 24.2. The van der Waals surface area contributed by atoms with Crippen molar-refractivity contribution in [1.29, 1.82) is 0 Å². The Hall–Kier alpha value is -2.08. The molecule has 0 spiro atoms. The molecule has 0 aliphatic rings. The van der Waals surface area contributed by atoms with Crippen LogP contribution in [0.15, 0.2) is 72.8 Å². The summed E-state index contributed by atoms with van der Waals surface area (Å²) < 4.78 is 0. The summed E-state index contributed by atoms with van der Waals surface area (Å²) in [6.07, 6.45) is 7.65. The number of hydrogen-bond acceptors (Lipinski definition) is 0. The molecule has 0 atom stereocenters. The van der Waals surface area contributed by atoms with Gasteiger partial charge in [-0.05, 0) is 64.8 Å². The number of aryl methyl sites for hydroxylation is 2. The van der Waals surface area contributed by atoms with E-state index < -0.39 is 0 Å². The van der Waals surface area contributed by atoms with E-state index >= 15 is 0 Å². The van der Waals surface area contributed by atoms with Gasteiger partial charge in [-0.2, -0.15) is 0 Å². The van der Waals surface area contributed by atoms with Gasteiger partial charge < -0.3 is 0 Å². The maximum Gasteiger partial charge on any atom is -0.0181 e. The zero-order valence-electron chi connectivity index (χ0n) is 20.2. The van der Waals surface area contributed by atoms with Crippen LogP contribution in [0, 0.1) is 10.8 Å². The fourth-order valence-corrected chi connectivity index (χ4v) is 3.54. The second kappa shape index (κ2) is 11.3. The van der Waals surface area contributed by atoms with Gasteiger partial charge in [0.25, 0.3) is 0 Å². The van der Waals surface area contributed by atoms with Crippen molar-refractivity contribution >= 4 is 10.8 Å². The van der Waals surface area contributed by atoms with E-state index in [1.54, 1.807) is 0 Å². The molecule has 0 heteroatoms. The summed E-state index contributed by atoms with van der Waals surface area (Å²) in [5, 5.41) is 2.69. The highest BCUT2D eigenvalue weighted by Crippen LogP contribution is 2.24. The van der Waals surface area contributed by atoms with Crippen molar-refractivity contribution in [2.24, 2.45) is 10.8 Å². The Morgan fingerprint density at radius 3 is 1.73 bits per heavy atom. The normalized spacial score (nSPS) is 11.8. The third kappa shape index (κ3) is 10.1. The minimum atomic E-state index is 0.422. The summed E-state index contributed by atoms with van der Waals surface area (Å²) in [5.41, 5.74) is 3.84. The van der Waals surface area contributed by atoms with Gasteiger partial charge in [-0.3, -0.25) is 0 Å². The zero-order valence-corrected chi connectivity index (χ0v) is 20.2. The lowest BCUT2D eigenvalue weighted by molar-refractivity contribution is 0.360. The van der Waals surface area contributed by atoms with E-state index in [2.05, 4.69) is 114 Å². The Morgan fingerprint density at radius 1 is 0.500 bits per heavy atom. The summed E-state index contributed by atoms with van der Waals surface area (Å²) in [7, 11) is 0. The van der Waals surface area contributed by atoms with E-state index in [0.717, 1.165) is 0 Å². The third-order valence-electron chi connectivity index (χ3n) is 5.46. The molecule has 162 valence electrons. The van der Waals surface area contributed by atoms with Crippen LogP contribution in [0.3, 0.4) is 0 Å². The predicted molar refractivity (Wildman–Crippen MR) is 135 cm³/mol. The highest BCUT2D eigenvalue weighted by atomic mass is 14.2. The van der Waals surface area contributed by atoms with Crippen molar-refractivity contribution in [2.75, 3.05) is 0 Å². The number of benzene rings is 3. The van der Waals surface area contributed by atoms with E-state index in [-0.39, 0.29) is 0 Å². The van der Waals surface area contributed by atoms with Gasteiger partial charge >= 0.3 is 0 Å². The lowest BCUT2D eigenvalue weighted by Gasteiger charge is -2.17. The van der Waals surface area contributed by atoms with Crippen molar-refractivity contribution in [3.05, 3.63) is 83.9 Å². The molecule has 0 fully saturated rings. The van der Waals surface area contributed by atoms with Crippen LogP contribution < -0.4 is 0 Å². The Kier molecular flexibility index (Phi) is 9.15. The molecule has 0 heterocycles. The number of fused-ring (bicyclic) bond motifs is 1. The van der Waals surface area contributed by atoms with Gasteiger partial charge in [0, 0.05) is 0 Å². The topological polar surface area (TPSA) is 0 Å². The van der Waals surface area contributed by atoms with Crippen LogP contribution in [-0.4, -0.2) is 0 Å². The SMILES string of the molecule is CC(C)(C)CCCCc1ccccc1.CC(C)(C)CCc1ccc2ccccc2c1. The van der Waals surface area contributed by atoms with Crippen LogP contribution in [0.5, 0.6) is 0 Å².